The van der Waals surface area contributed by atoms with Gasteiger partial charge < -0.3 is 10.1 Å². The van der Waals surface area contributed by atoms with Crippen molar-refractivity contribution in [3.8, 4) is 16.9 Å². The van der Waals surface area contributed by atoms with Crippen LogP contribution in [0.15, 0.2) is 65.3 Å². The molecule has 1 N–H and O–H groups in total. The topological polar surface area (TPSA) is 64.1 Å². The van der Waals surface area contributed by atoms with Gasteiger partial charge in [0, 0.05) is 16.6 Å². The minimum atomic E-state index is -0.0581. The Kier molecular flexibility index (Phi) is 6.30. The molecule has 30 heavy (non-hydrogen) atoms. The van der Waals surface area contributed by atoms with Crippen molar-refractivity contribution in [1.82, 2.24) is 9.97 Å². The number of carbonyl (C=O) groups is 1. The van der Waals surface area contributed by atoms with Crippen molar-refractivity contribution < 1.29 is 9.53 Å². The molecule has 1 amide bonds. The third-order valence-corrected chi connectivity index (χ3v) is 6.60. The van der Waals surface area contributed by atoms with Gasteiger partial charge in [-0.3, -0.25) is 4.79 Å². The first-order chi connectivity index (χ1) is 14.7. The maximum absolute atomic E-state index is 12.5. The zero-order valence-corrected chi connectivity index (χ0v) is 18.3. The highest BCUT2D eigenvalue weighted by Gasteiger charge is 2.15. The first-order valence-electron chi connectivity index (χ1n) is 9.56. The molecule has 0 aliphatic carbocycles. The van der Waals surface area contributed by atoms with Crippen molar-refractivity contribution in [3.05, 3.63) is 65.8 Å². The summed E-state index contributed by atoms with van der Waals surface area (Å²) in [6.45, 7) is 2.11. The summed E-state index contributed by atoms with van der Waals surface area (Å²) in [5.74, 6) is 1.03. The van der Waals surface area contributed by atoms with Gasteiger partial charge in [0.2, 0.25) is 5.91 Å². The summed E-state index contributed by atoms with van der Waals surface area (Å²) in [4.78, 5) is 22.2. The van der Waals surface area contributed by atoms with Gasteiger partial charge in [0.1, 0.15) is 21.9 Å². The lowest BCUT2D eigenvalue weighted by atomic mass is 10.1. The number of ether oxygens (including phenoxy) is 1. The van der Waals surface area contributed by atoms with Gasteiger partial charge in [-0.25, -0.2) is 9.97 Å². The molecule has 7 heteroatoms. The average molecular weight is 436 g/mol. The fourth-order valence-electron chi connectivity index (χ4n) is 3.09. The predicted molar refractivity (Wildman–Crippen MR) is 125 cm³/mol. The smallest absolute Gasteiger partial charge is 0.234 e. The normalized spacial score (nSPS) is 10.9. The minimum Gasteiger partial charge on any atom is -0.497 e. The zero-order chi connectivity index (χ0) is 20.9. The lowest BCUT2D eigenvalue weighted by Gasteiger charge is -2.08. The van der Waals surface area contributed by atoms with E-state index in [9.17, 15) is 4.79 Å². The van der Waals surface area contributed by atoms with Crippen LogP contribution in [0.25, 0.3) is 21.3 Å². The Balaban J connectivity index is 1.52. The molecule has 0 bridgehead atoms. The summed E-state index contributed by atoms with van der Waals surface area (Å²) in [6, 6.07) is 15.9. The standard InChI is InChI=1S/C23H21N3O2S2/c1-3-15-4-8-17(9-5-15)26-20(27)13-30-23-21-19(12-29-22(21)24-14-25-23)16-6-10-18(28-2)11-7-16/h4-12,14H,3,13H2,1-2H3,(H,26,27). The summed E-state index contributed by atoms with van der Waals surface area (Å²) in [5, 5.41) is 6.83. The number of nitrogens with one attached hydrogen (secondary N) is 1. The van der Waals surface area contributed by atoms with E-state index in [1.807, 2.05) is 48.5 Å². The monoisotopic (exact) mass is 435 g/mol. The van der Waals surface area contributed by atoms with E-state index < -0.39 is 0 Å². The van der Waals surface area contributed by atoms with Gasteiger partial charge in [-0.15, -0.1) is 11.3 Å². The minimum absolute atomic E-state index is 0.0581. The van der Waals surface area contributed by atoms with Gasteiger partial charge in [-0.2, -0.15) is 0 Å². The van der Waals surface area contributed by atoms with E-state index in [-0.39, 0.29) is 11.7 Å². The first kappa shape index (κ1) is 20.4. The van der Waals surface area contributed by atoms with E-state index >= 15 is 0 Å². The van der Waals surface area contributed by atoms with Gasteiger partial charge in [0.25, 0.3) is 0 Å². The van der Waals surface area contributed by atoms with Crippen LogP contribution < -0.4 is 10.1 Å². The molecule has 0 aliphatic rings. The number of aromatic nitrogens is 2. The van der Waals surface area contributed by atoms with Crippen molar-refractivity contribution >= 4 is 44.9 Å². The maximum Gasteiger partial charge on any atom is 0.234 e. The molecule has 5 nitrogen and oxygen atoms in total. The van der Waals surface area contributed by atoms with E-state index in [1.54, 1.807) is 24.8 Å². The molecular formula is C23H21N3O2S2. The quantitative estimate of drug-likeness (QED) is 0.300. The van der Waals surface area contributed by atoms with Gasteiger partial charge >= 0.3 is 0 Å². The lowest BCUT2D eigenvalue weighted by molar-refractivity contribution is -0.113. The molecule has 0 saturated carbocycles. The fourth-order valence-corrected chi connectivity index (χ4v) is 4.89. The van der Waals surface area contributed by atoms with Gasteiger partial charge in [0.05, 0.1) is 18.2 Å². The second kappa shape index (κ2) is 9.28. The number of aryl methyl sites for hydroxylation is 1. The van der Waals surface area contributed by atoms with Crippen LogP contribution in [0.1, 0.15) is 12.5 Å². The summed E-state index contributed by atoms with van der Waals surface area (Å²) in [5.41, 5.74) is 4.19. The molecule has 0 saturated heterocycles. The number of nitrogens with zero attached hydrogens (tertiary/aromatic N) is 2. The summed E-state index contributed by atoms with van der Waals surface area (Å²) < 4.78 is 5.25. The molecule has 0 atom stereocenters. The van der Waals surface area contributed by atoms with E-state index in [2.05, 4.69) is 27.6 Å². The summed E-state index contributed by atoms with van der Waals surface area (Å²) in [7, 11) is 1.65. The molecule has 0 unspecified atom stereocenters. The van der Waals surface area contributed by atoms with E-state index in [0.717, 1.165) is 44.2 Å². The van der Waals surface area contributed by atoms with Crippen molar-refractivity contribution in [2.24, 2.45) is 0 Å². The number of carbonyl (C=O) groups excluding carboxylic acids is 1. The van der Waals surface area contributed by atoms with Crippen molar-refractivity contribution in [3.63, 3.8) is 0 Å². The number of benzene rings is 2. The SMILES string of the molecule is CCc1ccc(NC(=O)CSc2ncnc3scc(-c4ccc(OC)cc4)c23)cc1. The Morgan fingerprint density at radius 3 is 2.57 bits per heavy atom. The Labute approximate surface area is 183 Å². The summed E-state index contributed by atoms with van der Waals surface area (Å²) >= 11 is 3.00. The number of hydrogen-bond donors (Lipinski definition) is 1. The maximum atomic E-state index is 12.5. The molecule has 152 valence electrons. The number of thioether (sulfide) groups is 1. The van der Waals surface area contributed by atoms with Crippen molar-refractivity contribution in [2.75, 3.05) is 18.2 Å². The largest absolute Gasteiger partial charge is 0.497 e. The van der Waals surface area contributed by atoms with Crippen LogP contribution >= 0.6 is 23.1 Å². The Morgan fingerprint density at radius 2 is 1.87 bits per heavy atom. The van der Waals surface area contributed by atoms with Crippen LogP contribution in [-0.4, -0.2) is 28.7 Å². The van der Waals surface area contributed by atoms with Crippen LogP contribution in [0.4, 0.5) is 5.69 Å². The highest BCUT2D eigenvalue weighted by Crippen LogP contribution is 2.38. The van der Waals surface area contributed by atoms with Crippen molar-refractivity contribution in [2.45, 2.75) is 18.4 Å². The van der Waals surface area contributed by atoms with Crippen LogP contribution in [0.2, 0.25) is 0 Å². The second-order valence-corrected chi connectivity index (χ2v) is 8.45. The molecule has 0 aliphatic heterocycles. The molecular weight excluding hydrogens is 414 g/mol. The molecule has 2 aromatic heterocycles. The first-order valence-corrected chi connectivity index (χ1v) is 11.4. The predicted octanol–water partition coefficient (Wildman–Crippen LogP) is 5.66. The third kappa shape index (κ3) is 4.47. The Bertz CT molecular complexity index is 1160. The fraction of sp³-hybridized carbons (Fsp3) is 0.174. The molecule has 2 aromatic carbocycles. The molecule has 2 heterocycles. The molecule has 0 fully saturated rings. The number of fused-ring (bicyclic) bond motifs is 1. The molecule has 0 radical (unpaired) electrons. The second-order valence-electron chi connectivity index (χ2n) is 6.62. The van der Waals surface area contributed by atoms with Crippen LogP contribution in [0.3, 0.4) is 0 Å². The van der Waals surface area contributed by atoms with Crippen molar-refractivity contribution in [1.29, 1.82) is 0 Å². The zero-order valence-electron chi connectivity index (χ0n) is 16.7. The van der Waals surface area contributed by atoms with Crippen LogP contribution in [0, 0.1) is 0 Å². The number of thiophene rings is 1. The van der Waals surface area contributed by atoms with Gasteiger partial charge in [-0.05, 0) is 41.8 Å². The third-order valence-electron chi connectivity index (χ3n) is 4.72. The number of amides is 1. The van der Waals surface area contributed by atoms with Gasteiger partial charge in [-0.1, -0.05) is 43.0 Å². The van der Waals surface area contributed by atoms with E-state index in [4.69, 9.17) is 4.74 Å². The summed E-state index contributed by atoms with van der Waals surface area (Å²) in [6.07, 6.45) is 2.53. The van der Waals surface area contributed by atoms with E-state index in [1.165, 1.54) is 17.3 Å². The lowest BCUT2D eigenvalue weighted by Crippen LogP contribution is -2.14. The van der Waals surface area contributed by atoms with Crippen LogP contribution in [-0.2, 0) is 11.2 Å². The number of hydrogen-bond acceptors (Lipinski definition) is 6. The molecule has 4 rings (SSSR count). The Hall–Kier alpha value is -2.90. The number of anilines is 1. The highest BCUT2D eigenvalue weighted by molar-refractivity contribution is 8.00. The average Bonchev–Trinajstić information content (AvgIpc) is 3.23. The molecule has 4 aromatic rings. The van der Waals surface area contributed by atoms with Gasteiger partial charge in [0.15, 0.2) is 0 Å². The van der Waals surface area contributed by atoms with Crippen LogP contribution in [0.5, 0.6) is 5.75 Å². The number of rotatable bonds is 7. The molecule has 0 spiro atoms. The highest BCUT2D eigenvalue weighted by atomic mass is 32.2. The number of methoxy groups -OCH3 is 1. The Morgan fingerprint density at radius 1 is 1.10 bits per heavy atom. The van der Waals surface area contributed by atoms with E-state index in [0.29, 0.717) is 0 Å².